The second kappa shape index (κ2) is 11.0. The zero-order valence-corrected chi connectivity index (χ0v) is 18.1. The molecule has 0 saturated heterocycles. The Morgan fingerprint density at radius 3 is 2.52 bits per heavy atom. The third-order valence-electron chi connectivity index (χ3n) is 4.34. The number of carbonyl (C=O) groups excluding carboxylic acids is 1. The van der Waals surface area contributed by atoms with Crippen LogP contribution in [0.5, 0.6) is 17.2 Å². The summed E-state index contributed by atoms with van der Waals surface area (Å²) in [6.07, 6.45) is 1.54. The molecule has 0 saturated carbocycles. The molecule has 0 aliphatic rings. The fraction of sp³-hybridized carbons (Fsp3) is 0.167. The van der Waals surface area contributed by atoms with Crippen LogP contribution < -0.4 is 19.6 Å². The van der Waals surface area contributed by atoms with Crippen molar-refractivity contribution < 1.29 is 19.0 Å². The van der Waals surface area contributed by atoms with Crippen LogP contribution in [0.1, 0.15) is 28.4 Å². The first-order valence-corrected chi connectivity index (χ1v) is 10.1. The molecule has 0 spiro atoms. The third kappa shape index (κ3) is 6.23. The molecule has 1 N–H and O–H groups in total. The van der Waals surface area contributed by atoms with Crippen LogP contribution in [-0.4, -0.2) is 25.8 Å². The van der Waals surface area contributed by atoms with Crippen LogP contribution >= 0.6 is 11.6 Å². The Morgan fingerprint density at radius 2 is 1.81 bits per heavy atom. The number of rotatable bonds is 9. The van der Waals surface area contributed by atoms with E-state index in [1.54, 1.807) is 49.7 Å². The second-order valence-electron chi connectivity index (χ2n) is 6.45. The van der Waals surface area contributed by atoms with Crippen LogP contribution in [0.3, 0.4) is 0 Å². The van der Waals surface area contributed by atoms with E-state index in [9.17, 15) is 4.79 Å². The van der Waals surface area contributed by atoms with Crippen LogP contribution in [0, 0.1) is 0 Å². The molecule has 0 heterocycles. The summed E-state index contributed by atoms with van der Waals surface area (Å²) in [6, 6.07) is 19.7. The van der Waals surface area contributed by atoms with Gasteiger partial charge >= 0.3 is 0 Å². The van der Waals surface area contributed by atoms with Crippen LogP contribution in [0.15, 0.2) is 71.8 Å². The van der Waals surface area contributed by atoms with Gasteiger partial charge in [-0.3, -0.25) is 4.79 Å². The molecular weight excluding hydrogens is 416 g/mol. The van der Waals surface area contributed by atoms with Gasteiger partial charge in [-0.05, 0) is 61.0 Å². The van der Waals surface area contributed by atoms with Gasteiger partial charge < -0.3 is 14.2 Å². The minimum absolute atomic E-state index is 0.316. The van der Waals surface area contributed by atoms with Crippen LogP contribution in [0.25, 0.3) is 0 Å². The number of nitrogens with zero attached hydrogens (tertiary/aromatic N) is 1. The van der Waals surface area contributed by atoms with Gasteiger partial charge in [0.15, 0.2) is 11.5 Å². The molecule has 6 nitrogen and oxygen atoms in total. The zero-order chi connectivity index (χ0) is 22.1. The summed E-state index contributed by atoms with van der Waals surface area (Å²) >= 11 is 6.19. The number of halogens is 1. The fourth-order valence-electron chi connectivity index (χ4n) is 2.74. The van der Waals surface area contributed by atoms with E-state index in [-0.39, 0.29) is 5.91 Å². The maximum atomic E-state index is 12.2. The topological polar surface area (TPSA) is 69.2 Å². The second-order valence-corrected chi connectivity index (χ2v) is 6.85. The van der Waals surface area contributed by atoms with Gasteiger partial charge in [0.2, 0.25) is 0 Å². The van der Waals surface area contributed by atoms with Gasteiger partial charge in [0.25, 0.3) is 5.91 Å². The predicted molar refractivity (Wildman–Crippen MR) is 121 cm³/mol. The molecule has 7 heteroatoms. The number of hydrogen-bond acceptors (Lipinski definition) is 5. The van der Waals surface area contributed by atoms with E-state index in [0.29, 0.717) is 41.0 Å². The van der Waals surface area contributed by atoms with Gasteiger partial charge in [0, 0.05) is 16.1 Å². The van der Waals surface area contributed by atoms with Crippen LogP contribution in [0.4, 0.5) is 0 Å². The molecule has 0 fully saturated rings. The van der Waals surface area contributed by atoms with E-state index < -0.39 is 0 Å². The molecular formula is C24H23ClN2O4. The summed E-state index contributed by atoms with van der Waals surface area (Å²) in [4.78, 5) is 12.2. The molecule has 31 heavy (non-hydrogen) atoms. The highest BCUT2D eigenvalue weighted by Gasteiger charge is 2.08. The fourth-order valence-corrected chi connectivity index (χ4v) is 2.93. The number of nitrogens with one attached hydrogen (secondary N) is 1. The van der Waals surface area contributed by atoms with E-state index in [0.717, 1.165) is 11.1 Å². The van der Waals surface area contributed by atoms with Crippen molar-refractivity contribution in [2.45, 2.75) is 13.5 Å². The zero-order valence-electron chi connectivity index (χ0n) is 17.3. The molecule has 1 amide bonds. The van der Waals surface area contributed by atoms with Crippen LogP contribution in [0.2, 0.25) is 5.02 Å². The van der Waals surface area contributed by atoms with Gasteiger partial charge in [-0.25, -0.2) is 5.43 Å². The average molecular weight is 439 g/mol. The van der Waals surface area contributed by atoms with Crippen molar-refractivity contribution in [3.8, 4) is 17.2 Å². The SMILES string of the molecule is CCOc1cc(/C=N/NC(=O)c2ccc(OC)cc2)ccc1OCc1ccccc1Cl. The Hall–Kier alpha value is -3.51. The predicted octanol–water partition coefficient (Wildman–Crippen LogP) is 5.09. The lowest BCUT2D eigenvalue weighted by atomic mass is 10.2. The van der Waals surface area contributed by atoms with Crippen molar-refractivity contribution in [2.75, 3.05) is 13.7 Å². The summed E-state index contributed by atoms with van der Waals surface area (Å²) in [6.45, 7) is 2.70. The van der Waals surface area contributed by atoms with Gasteiger partial charge in [0.05, 0.1) is 19.9 Å². The van der Waals surface area contributed by atoms with E-state index in [2.05, 4.69) is 10.5 Å². The number of hydrazone groups is 1. The third-order valence-corrected chi connectivity index (χ3v) is 4.71. The van der Waals surface area contributed by atoms with Gasteiger partial charge in [0.1, 0.15) is 12.4 Å². The van der Waals surface area contributed by atoms with Crippen molar-refractivity contribution in [2.24, 2.45) is 5.10 Å². The quantitative estimate of drug-likeness (QED) is 0.373. The van der Waals surface area contributed by atoms with Crippen molar-refractivity contribution in [3.05, 3.63) is 88.4 Å². The first kappa shape index (κ1) is 22.2. The number of benzene rings is 3. The monoisotopic (exact) mass is 438 g/mol. The van der Waals surface area contributed by atoms with Gasteiger partial charge in [-0.2, -0.15) is 5.10 Å². The number of methoxy groups -OCH3 is 1. The molecule has 0 atom stereocenters. The summed E-state index contributed by atoms with van der Waals surface area (Å²) in [5, 5.41) is 4.68. The Balaban J connectivity index is 1.65. The Kier molecular flexibility index (Phi) is 7.90. The molecule has 0 bridgehead atoms. The number of ether oxygens (including phenoxy) is 3. The molecule has 0 radical (unpaired) electrons. The lowest BCUT2D eigenvalue weighted by molar-refractivity contribution is 0.0955. The van der Waals surface area contributed by atoms with Crippen molar-refractivity contribution in [1.82, 2.24) is 5.43 Å². The highest BCUT2D eigenvalue weighted by molar-refractivity contribution is 6.31. The molecule has 0 unspecified atom stereocenters. The average Bonchev–Trinajstić information content (AvgIpc) is 2.79. The largest absolute Gasteiger partial charge is 0.497 e. The summed E-state index contributed by atoms with van der Waals surface area (Å²) in [7, 11) is 1.57. The summed E-state index contributed by atoms with van der Waals surface area (Å²) in [5.41, 5.74) is 4.63. The van der Waals surface area contributed by atoms with Crippen molar-refractivity contribution in [1.29, 1.82) is 0 Å². The molecule has 3 rings (SSSR count). The maximum Gasteiger partial charge on any atom is 0.271 e. The standard InChI is InChI=1S/C24H23ClN2O4/c1-3-30-23-14-17(8-13-22(23)31-16-19-6-4-5-7-21(19)25)15-26-27-24(28)18-9-11-20(29-2)12-10-18/h4-15H,3,16H2,1-2H3,(H,27,28)/b26-15+. The van der Waals surface area contributed by atoms with E-state index in [1.807, 2.05) is 37.3 Å². The van der Waals surface area contributed by atoms with E-state index >= 15 is 0 Å². The minimum Gasteiger partial charge on any atom is -0.497 e. The number of amides is 1. The summed E-state index contributed by atoms with van der Waals surface area (Å²) < 4.78 is 16.7. The molecule has 0 aliphatic carbocycles. The molecule has 0 aromatic heterocycles. The highest BCUT2D eigenvalue weighted by atomic mass is 35.5. The first-order valence-electron chi connectivity index (χ1n) is 9.71. The molecule has 3 aromatic carbocycles. The van der Waals surface area contributed by atoms with E-state index in [4.69, 9.17) is 25.8 Å². The Bertz CT molecular complexity index is 1050. The maximum absolute atomic E-state index is 12.2. The van der Waals surface area contributed by atoms with Crippen LogP contribution in [-0.2, 0) is 6.61 Å². The van der Waals surface area contributed by atoms with E-state index in [1.165, 1.54) is 0 Å². The number of hydrogen-bond donors (Lipinski definition) is 1. The lowest BCUT2D eigenvalue weighted by Crippen LogP contribution is -2.17. The lowest BCUT2D eigenvalue weighted by Gasteiger charge is -2.13. The highest BCUT2D eigenvalue weighted by Crippen LogP contribution is 2.29. The van der Waals surface area contributed by atoms with Crippen molar-refractivity contribution >= 4 is 23.7 Å². The van der Waals surface area contributed by atoms with Gasteiger partial charge in [-0.15, -0.1) is 0 Å². The summed E-state index contributed by atoms with van der Waals surface area (Å²) in [5.74, 6) is 1.55. The Morgan fingerprint density at radius 1 is 1.03 bits per heavy atom. The normalized spacial score (nSPS) is 10.7. The minimum atomic E-state index is -0.316. The smallest absolute Gasteiger partial charge is 0.271 e. The Labute approximate surface area is 186 Å². The molecule has 3 aromatic rings. The molecule has 160 valence electrons. The van der Waals surface area contributed by atoms with Crippen molar-refractivity contribution in [3.63, 3.8) is 0 Å². The first-order chi connectivity index (χ1) is 15.1. The molecule has 0 aliphatic heterocycles. The van der Waals surface area contributed by atoms with Gasteiger partial charge in [-0.1, -0.05) is 29.8 Å². The number of carbonyl (C=O) groups is 1.